The minimum atomic E-state index is 0.165. The Morgan fingerprint density at radius 3 is 2.33 bits per heavy atom. The fourth-order valence-corrected chi connectivity index (χ4v) is 2.77. The number of carbonyl (C=O) groups excluding carboxylic acids is 1. The molecule has 0 spiro atoms. The Morgan fingerprint density at radius 1 is 1.05 bits per heavy atom. The summed E-state index contributed by atoms with van der Waals surface area (Å²) in [6, 6.07) is 17.5. The van der Waals surface area contributed by atoms with Gasteiger partial charge in [-0.2, -0.15) is 12.6 Å². The molecule has 3 rings (SSSR count). The molecular formula is C17H17NO2S. The third-order valence-electron chi connectivity index (χ3n) is 3.47. The first-order valence-electron chi connectivity index (χ1n) is 6.98. The molecule has 108 valence electrons. The first-order chi connectivity index (χ1) is 10.2. The maximum Gasteiger partial charge on any atom is 0.224 e. The van der Waals surface area contributed by atoms with Crippen LogP contribution < -0.4 is 4.74 Å². The molecule has 21 heavy (non-hydrogen) atoms. The normalized spacial score (nSPS) is 18.0. The lowest BCUT2D eigenvalue weighted by molar-refractivity contribution is -0.128. The van der Waals surface area contributed by atoms with Crippen LogP contribution in [0.5, 0.6) is 11.5 Å². The molecule has 0 aliphatic carbocycles. The second kappa shape index (κ2) is 6.22. The van der Waals surface area contributed by atoms with Gasteiger partial charge in [0.15, 0.2) is 0 Å². The van der Waals surface area contributed by atoms with E-state index in [2.05, 4.69) is 12.6 Å². The number of thiol groups is 1. The largest absolute Gasteiger partial charge is 0.457 e. The molecule has 2 aromatic rings. The van der Waals surface area contributed by atoms with E-state index in [1.807, 2.05) is 59.5 Å². The number of rotatable bonds is 4. The van der Waals surface area contributed by atoms with Crippen LogP contribution in [0.1, 0.15) is 12.0 Å². The number of carbonyl (C=O) groups is 1. The van der Waals surface area contributed by atoms with Crippen LogP contribution in [-0.2, 0) is 11.3 Å². The van der Waals surface area contributed by atoms with Gasteiger partial charge < -0.3 is 9.64 Å². The minimum absolute atomic E-state index is 0.165. The second-order valence-corrected chi connectivity index (χ2v) is 5.92. The molecule has 1 aliphatic heterocycles. The SMILES string of the molecule is O=C1CC(S)CN1Cc1ccc(Oc2ccccc2)cc1. The van der Waals surface area contributed by atoms with E-state index in [9.17, 15) is 4.79 Å². The summed E-state index contributed by atoms with van der Waals surface area (Å²) in [5.74, 6) is 1.79. The molecule has 1 amide bonds. The zero-order valence-electron chi connectivity index (χ0n) is 11.6. The van der Waals surface area contributed by atoms with Gasteiger partial charge in [-0.05, 0) is 29.8 Å². The van der Waals surface area contributed by atoms with Crippen LogP contribution in [0.2, 0.25) is 0 Å². The molecule has 1 saturated heterocycles. The van der Waals surface area contributed by atoms with E-state index in [-0.39, 0.29) is 11.2 Å². The summed E-state index contributed by atoms with van der Waals surface area (Å²) in [4.78, 5) is 13.6. The van der Waals surface area contributed by atoms with Crippen LogP contribution >= 0.6 is 12.6 Å². The summed E-state index contributed by atoms with van der Waals surface area (Å²) in [6.07, 6.45) is 0.540. The van der Waals surface area contributed by atoms with Gasteiger partial charge in [0.2, 0.25) is 5.91 Å². The van der Waals surface area contributed by atoms with Crippen LogP contribution in [0.15, 0.2) is 54.6 Å². The molecule has 1 heterocycles. The predicted octanol–water partition coefficient (Wildman–Crippen LogP) is 3.51. The second-order valence-electron chi connectivity index (χ2n) is 5.19. The third kappa shape index (κ3) is 3.58. The van der Waals surface area contributed by atoms with Crippen molar-refractivity contribution in [3.05, 3.63) is 60.2 Å². The van der Waals surface area contributed by atoms with Crippen molar-refractivity contribution in [1.29, 1.82) is 0 Å². The van der Waals surface area contributed by atoms with Crippen molar-refractivity contribution in [3.63, 3.8) is 0 Å². The van der Waals surface area contributed by atoms with Gasteiger partial charge in [0.1, 0.15) is 11.5 Å². The zero-order chi connectivity index (χ0) is 14.7. The van der Waals surface area contributed by atoms with Gasteiger partial charge in [-0.15, -0.1) is 0 Å². The number of nitrogens with zero attached hydrogens (tertiary/aromatic N) is 1. The third-order valence-corrected chi connectivity index (χ3v) is 3.82. The van der Waals surface area contributed by atoms with Crippen molar-refractivity contribution in [2.24, 2.45) is 0 Å². The molecule has 0 bridgehead atoms. The summed E-state index contributed by atoms with van der Waals surface area (Å²) >= 11 is 4.37. The predicted molar refractivity (Wildman–Crippen MR) is 85.8 cm³/mol. The number of para-hydroxylation sites is 1. The van der Waals surface area contributed by atoms with Gasteiger partial charge in [-0.25, -0.2) is 0 Å². The van der Waals surface area contributed by atoms with E-state index in [0.717, 1.165) is 23.6 Å². The first-order valence-corrected chi connectivity index (χ1v) is 7.50. The first kappa shape index (κ1) is 14.0. The van der Waals surface area contributed by atoms with Gasteiger partial charge in [-0.3, -0.25) is 4.79 Å². The van der Waals surface area contributed by atoms with Gasteiger partial charge in [0, 0.05) is 24.8 Å². The Bertz CT molecular complexity index is 612. The lowest BCUT2D eigenvalue weighted by atomic mass is 10.2. The number of benzene rings is 2. The highest BCUT2D eigenvalue weighted by molar-refractivity contribution is 7.81. The Morgan fingerprint density at radius 2 is 1.71 bits per heavy atom. The van der Waals surface area contributed by atoms with Crippen LogP contribution in [0.25, 0.3) is 0 Å². The Kier molecular flexibility index (Phi) is 4.15. The number of amides is 1. The molecular weight excluding hydrogens is 282 g/mol. The van der Waals surface area contributed by atoms with Crippen molar-refractivity contribution in [1.82, 2.24) is 4.90 Å². The summed E-state index contributed by atoms with van der Waals surface area (Å²) in [6.45, 7) is 1.37. The lowest BCUT2D eigenvalue weighted by Crippen LogP contribution is -2.24. The van der Waals surface area contributed by atoms with E-state index in [0.29, 0.717) is 13.0 Å². The van der Waals surface area contributed by atoms with Gasteiger partial charge in [-0.1, -0.05) is 30.3 Å². The van der Waals surface area contributed by atoms with E-state index in [4.69, 9.17) is 4.74 Å². The highest BCUT2D eigenvalue weighted by Crippen LogP contribution is 2.23. The van der Waals surface area contributed by atoms with E-state index in [1.54, 1.807) is 0 Å². The van der Waals surface area contributed by atoms with Crippen LogP contribution in [0.3, 0.4) is 0 Å². The van der Waals surface area contributed by atoms with Crippen molar-refractivity contribution < 1.29 is 9.53 Å². The molecule has 1 unspecified atom stereocenters. The lowest BCUT2D eigenvalue weighted by Gasteiger charge is -2.16. The number of ether oxygens (including phenoxy) is 1. The Hall–Kier alpha value is -1.94. The summed E-state index contributed by atoms with van der Waals surface area (Å²) in [5, 5.41) is 0.165. The number of hydrogen-bond donors (Lipinski definition) is 1. The van der Waals surface area contributed by atoms with E-state index >= 15 is 0 Å². The van der Waals surface area contributed by atoms with Gasteiger partial charge in [0.25, 0.3) is 0 Å². The van der Waals surface area contributed by atoms with Crippen molar-refractivity contribution in [2.45, 2.75) is 18.2 Å². The van der Waals surface area contributed by atoms with Gasteiger partial charge >= 0.3 is 0 Å². The van der Waals surface area contributed by atoms with E-state index < -0.39 is 0 Å². The Labute approximate surface area is 129 Å². The number of likely N-dealkylation sites (tertiary alicyclic amines) is 1. The molecule has 0 radical (unpaired) electrons. The molecule has 1 fully saturated rings. The van der Waals surface area contributed by atoms with Crippen molar-refractivity contribution in [3.8, 4) is 11.5 Å². The quantitative estimate of drug-likeness (QED) is 0.876. The fourth-order valence-electron chi connectivity index (χ4n) is 2.41. The maximum absolute atomic E-state index is 11.7. The molecule has 1 atom stereocenters. The molecule has 3 nitrogen and oxygen atoms in total. The van der Waals surface area contributed by atoms with Gasteiger partial charge in [0.05, 0.1) is 0 Å². The standard InChI is InChI=1S/C17H17NO2S/c19-17-10-16(21)12-18(17)11-13-6-8-15(9-7-13)20-14-4-2-1-3-5-14/h1-9,16,21H,10-12H2. The highest BCUT2D eigenvalue weighted by Gasteiger charge is 2.26. The van der Waals surface area contributed by atoms with Crippen LogP contribution in [-0.4, -0.2) is 22.6 Å². The topological polar surface area (TPSA) is 29.5 Å². The van der Waals surface area contributed by atoms with E-state index in [1.165, 1.54) is 0 Å². The molecule has 4 heteroatoms. The Balaban J connectivity index is 1.63. The molecule has 0 N–H and O–H groups in total. The number of hydrogen-bond acceptors (Lipinski definition) is 3. The fraction of sp³-hybridized carbons (Fsp3) is 0.235. The summed E-state index contributed by atoms with van der Waals surface area (Å²) in [7, 11) is 0. The van der Waals surface area contributed by atoms with Crippen LogP contribution in [0.4, 0.5) is 0 Å². The smallest absolute Gasteiger partial charge is 0.224 e. The molecule has 1 aliphatic rings. The highest BCUT2D eigenvalue weighted by atomic mass is 32.1. The monoisotopic (exact) mass is 299 g/mol. The summed E-state index contributed by atoms with van der Waals surface area (Å²) < 4.78 is 5.75. The molecule has 0 aromatic heterocycles. The minimum Gasteiger partial charge on any atom is -0.457 e. The van der Waals surface area contributed by atoms with Crippen LogP contribution in [0, 0.1) is 0 Å². The zero-order valence-corrected chi connectivity index (χ0v) is 12.5. The average molecular weight is 299 g/mol. The average Bonchev–Trinajstić information content (AvgIpc) is 2.80. The summed E-state index contributed by atoms with van der Waals surface area (Å²) in [5.41, 5.74) is 1.10. The van der Waals surface area contributed by atoms with Crippen molar-refractivity contribution >= 4 is 18.5 Å². The maximum atomic E-state index is 11.7. The molecule has 2 aromatic carbocycles. The molecule has 0 saturated carbocycles. The van der Waals surface area contributed by atoms with Crippen molar-refractivity contribution in [2.75, 3.05) is 6.54 Å².